The highest BCUT2D eigenvalue weighted by molar-refractivity contribution is 6.03. The van der Waals surface area contributed by atoms with Gasteiger partial charge in [0.15, 0.2) is 5.78 Å². The van der Waals surface area contributed by atoms with E-state index in [2.05, 4.69) is 0 Å². The Bertz CT molecular complexity index is 495. The first kappa shape index (κ1) is 13.5. The molecule has 2 rings (SSSR count). The van der Waals surface area contributed by atoms with E-state index in [0.717, 1.165) is 0 Å². The highest BCUT2D eigenvalue weighted by Crippen LogP contribution is 2.19. The molecule has 1 aliphatic rings. The Labute approximate surface area is 112 Å². The summed E-state index contributed by atoms with van der Waals surface area (Å²) in [4.78, 5) is 36.4. The molecule has 4 heteroatoms. The van der Waals surface area contributed by atoms with E-state index in [1.165, 1.54) is 4.90 Å². The summed E-state index contributed by atoms with van der Waals surface area (Å²) in [5, 5.41) is 0. The third kappa shape index (κ3) is 3.08. The van der Waals surface area contributed by atoms with Gasteiger partial charge in [-0.25, -0.2) is 0 Å². The van der Waals surface area contributed by atoms with Crippen LogP contribution >= 0.6 is 0 Å². The van der Waals surface area contributed by atoms with Gasteiger partial charge in [0.2, 0.25) is 11.8 Å². The van der Waals surface area contributed by atoms with Crippen LogP contribution in [0.15, 0.2) is 30.3 Å². The van der Waals surface area contributed by atoms with Gasteiger partial charge in [0, 0.05) is 30.9 Å². The number of likely N-dealkylation sites (tertiary alicyclic amines) is 1. The second-order valence-electron chi connectivity index (χ2n) is 4.88. The summed E-state index contributed by atoms with van der Waals surface area (Å²) in [7, 11) is 0. The number of ketones is 1. The van der Waals surface area contributed by atoms with Gasteiger partial charge >= 0.3 is 0 Å². The fraction of sp³-hybridized carbons (Fsp3) is 0.400. The lowest BCUT2D eigenvalue weighted by molar-refractivity contribution is -0.139. The second-order valence-corrected chi connectivity index (χ2v) is 4.88. The van der Waals surface area contributed by atoms with Crippen LogP contribution in [0.1, 0.15) is 36.5 Å². The number of nitrogens with zero attached hydrogens (tertiary/aromatic N) is 1. The molecule has 1 aromatic carbocycles. The zero-order chi connectivity index (χ0) is 13.8. The zero-order valence-corrected chi connectivity index (χ0v) is 11.0. The molecular weight excluding hydrogens is 242 g/mol. The van der Waals surface area contributed by atoms with Crippen LogP contribution in [0.25, 0.3) is 0 Å². The van der Waals surface area contributed by atoms with Gasteiger partial charge < -0.3 is 0 Å². The summed E-state index contributed by atoms with van der Waals surface area (Å²) >= 11 is 0. The lowest BCUT2D eigenvalue weighted by atomic mass is 10.1. The first-order valence-corrected chi connectivity index (χ1v) is 6.52. The molecule has 4 nitrogen and oxygen atoms in total. The molecule has 1 aliphatic heterocycles. The van der Waals surface area contributed by atoms with Gasteiger partial charge in [-0.3, -0.25) is 19.3 Å². The van der Waals surface area contributed by atoms with Crippen LogP contribution in [0.2, 0.25) is 0 Å². The highest BCUT2D eigenvalue weighted by atomic mass is 16.2. The SMILES string of the molecule is CC1CC(=O)N(CCCC(=O)c2ccccc2)C1=O. The van der Waals surface area contributed by atoms with E-state index in [9.17, 15) is 14.4 Å². The third-order valence-electron chi connectivity index (χ3n) is 3.35. The number of carbonyl (C=O) groups excluding carboxylic acids is 3. The van der Waals surface area contributed by atoms with Crippen LogP contribution in [0.4, 0.5) is 0 Å². The summed E-state index contributed by atoms with van der Waals surface area (Å²) in [5.74, 6) is -0.396. The Morgan fingerprint density at radius 2 is 1.95 bits per heavy atom. The first-order valence-electron chi connectivity index (χ1n) is 6.52. The predicted octanol–water partition coefficient (Wildman–Crippen LogP) is 2.04. The molecule has 19 heavy (non-hydrogen) atoms. The number of benzene rings is 1. The number of hydrogen-bond donors (Lipinski definition) is 0. The van der Waals surface area contributed by atoms with Crippen molar-refractivity contribution in [3.05, 3.63) is 35.9 Å². The molecule has 2 amide bonds. The molecule has 0 N–H and O–H groups in total. The Morgan fingerprint density at radius 3 is 2.53 bits per heavy atom. The molecule has 0 radical (unpaired) electrons. The van der Waals surface area contributed by atoms with Gasteiger partial charge in [0.1, 0.15) is 0 Å². The summed E-state index contributed by atoms with van der Waals surface area (Å²) in [6.45, 7) is 2.11. The van der Waals surface area contributed by atoms with Crippen molar-refractivity contribution in [3.8, 4) is 0 Å². The average Bonchev–Trinajstić information content (AvgIpc) is 2.66. The molecule has 100 valence electrons. The minimum Gasteiger partial charge on any atom is -0.294 e. The lowest BCUT2D eigenvalue weighted by Gasteiger charge is -2.13. The Balaban J connectivity index is 1.83. The van der Waals surface area contributed by atoms with Gasteiger partial charge in [0.25, 0.3) is 0 Å². The first-order chi connectivity index (χ1) is 9.09. The number of amides is 2. The van der Waals surface area contributed by atoms with Crippen LogP contribution < -0.4 is 0 Å². The van der Waals surface area contributed by atoms with Crippen molar-refractivity contribution >= 4 is 17.6 Å². The summed E-state index contributed by atoms with van der Waals surface area (Å²) < 4.78 is 0. The van der Waals surface area contributed by atoms with Gasteiger partial charge in [-0.1, -0.05) is 37.3 Å². The number of carbonyl (C=O) groups is 3. The zero-order valence-electron chi connectivity index (χ0n) is 11.0. The second kappa shape index (κ2) is 5.78. The largest absolute Gasteiger partial charge is 0.294 e. The quantitative estimate of drug-likeness (QED) is 0.600. The number of rotatable bonds is 5. The summed E-state index contributed by atoms with van der Waals surface area (Å²) in [6.07, 6.45) is 1.18. The number of imide groups is 1. The van der Waals surface area contributed by atoms with E-state index in [0.29, 0.717) is 31.4 Å². The molecular formula is C15H17NO3. The smallest absolute Gasteiger partial charge is 0.232 e. The molecule has 1 atom stereocenters. The van der Waals surface area contributed by atoms with Crippen molar-refractivity contribution < 1.29 is 14.4 Å². The van der Waals surface area contributed by atoms with E-state index in [-0.39, 0.29) is 23.5 Å². The third-order valence-corrected chi connectivity index (χ3v) is 3.35. The minimum atomic E-state index is -0.211. The minimum absolute atomic E-state index is 0.0488. The van der Waals surface area contributed by atoms with Crippen molar-refractivity contribution in [2.45, 2.75) is 26.2 Å². The monoisotopic (exact) mass is 259 g/mol. The maximum Gasteiger partial charge on any atom is 0.232 e. The maximum atomic E-state index is 11.9. The topological polar surface area (TPSA) is 54.5 Å². The number of Topliss-reactive ketones (excluding diaryl/α,β-unsaturated/α-hetero) is 1. The van der Waals surface area contributed by atoms with Crippen molar-refractivity contribution in [1.29, 1.82) is 0 Å². The Kier molecular flexibility index (Phi) is 4.10. The molecule has 0 bridgehead atoms. The molecule has 0 aliphatic carbocycles. The van der Waals surface area contributed by atoms with E-state index in [4.69, 9.17) is 0 Å². The molecule has 1 heterocycles. The van der Waals surface area contributed by atoms with Gasteiger partial charge in [-0.05, 0) is 6.42 Å². The number of hydrogen-bond acceptors (Lipinski definition) is 3. The van der Waals surface area contributed by atoms with Gasteiger partial charge in [-0.2, -0.15) is 0 Å². The molecule has 1 unspecified atom stereocenters. The molecule has 1 fully saturated rings. The molecule has 0 aromatic heterocycles. The van der Waals surface area contributed by atoms with Crippen molar-refractivity contribution in [2.75, 3.05) is 6.54 Å². The average molecular weight is 259 g/mol. The fourth-order valence-electron chi connectivity index (χ4n) is 2.25. The van der Waals surface area contributed by atoms with Crippen LogP contribution in [-0.2, 0) is 9.59 Å². The molecule has 1 saturated heterocycles. The van der Waals surface area contributed by atoms with Crippen LogP contribution in [-0.4, -0.2) is 29.0 Å². The van der Waals surface area contributed by atoms with Gasteiger partial charge in [-0.15, -0.1) is 0 Å². The maximum absolute atomic E-state index is 11.9. The normalized spacial score (nSPS) is 19.0. The van der Waals surface area contributed by atoms with Crippen LogP contribution in [0, 0.1) is 5.92 Å². The lowest BCUT2D eigenvalue weighted by Crippen LogP contribution is -2.31. The van der Waals surface area contributed by atoms with E-state index >= 15 is 0 Å². The molecule has 0 saturated carbocycles. The Morgan fingerprint density at radius 1 is 1.26 bits per heavy atom. The van der Waals surface area contributed by atoms with E-state index in [1.54, 1.807) is 19.1 Å². The van der Waals surface area contributed by atoms with E-state index in [1.807, 2.05) is 18.2 Å². The van der Waals surface area contributed by atoms with Gasteiger partial charge in [0.05, 0.1) is 0 Å². The predicted molar refractivity (Wildman–Crippen MR) is 70.5 cm³/mol. The van der Waals surface area contributed by atoms with E-state index < -0.39 is 0 Å². The molecule has 1 aromatic rings. The standard InChI is InChI=1S/C15H17NO3/c1-11-10-14(18)16(15(11)19)9-5-8-13(17)12-6-3-2-4-7-12/h2-4,6-7,11H,5,8-10H2,1H3. The highest BCUT2D eigenvalue weighted by Gasteiger charge is 2.34. The van der Waals surface area contributed by atoms with Crippen molar-refractivity contribution in [1.82, 2.24) is 4.90 Å². The molecule has 0 spiro atoms. The fourth-order valence-corrected chi connectivity index (χ4v) is 2.25. The van der Waals surface area contributed by atoms with Crippen molar-refractivity contribution in [3.63, 3.8) is 0 Å². The summed E-state index contributed by atoms with van der Waals surface area (Å²) in [6, 6.07) is 9.05. The summed E-state index contributed by atoms with van der Waals surface area (Å²) in [5.41, 5.74) is 0.676. The van der Waals surface area contributed by atoms with Crippen LogP contribution in [0.5, 0.6) is 0 Å². The van der Waals surface area contributed by atoms with Crippen molar-refractivity contribution in [2.24, 2.45) is 5.92 Å². The van der Waals surface area contributed by atoms with Crippen LogP contribution in [0.3, 0.4) is 0 Å². The Hall–Kier alpha value is -1.97.